The maximum atomic E-state index is 12.5. The quantitative estimate of drug-likeness (QED) is 0.847. The van der Waals surface area contributed by atoms with Gasteiger partial charge in [0.2, 0.25) is 11.8 Å². The van der Waals surface area contributed by atoms with Gasteiger partial charge < -0.3 is 19.3 Å². The van der Waals surface area contributed by atoms with Gasteiger partial charge in [0.1, 0.15) is 11.5 Å². The lowest BCUT2D eigenvalue weighted by Crippen LogP contribution is -2.35. The van der Waals surface area contributed by atoms with Crippen LogP contribution in [0.1, 0.15) is 19.3 Å². The SMILES string of the molecule is COc1ccc(N2CC(C(=O)N3CCCC3)CC2=O)c(OC)c1. The average molecular weight is 318 g/mol. The highest BCUT2D eigenvalue weighted by molar-refractivity contribution is 6.01. The van der Waals surface area contributed by atoms with Crippen LogP contribution >= 0.6 is 0 Å². The van der Waals surface area contributed by atoms with Crippen molar-refractivity contribution in [3.05, 3.63) is 18.2 Å². The van der Waals surface area contributed by atoms with Gasteiger partial charge in [0.15, 0.2) is 0 Å². The summed E-state index contributed by atoms with van der Waals surface area (Å²) in [5.74, 6) is 1.05. The van der Waals surface area contributed by atoms with Gasteiger partial charge in [-0.3, -0.25) is 9.59 Å². The van der Waals surface area contributed by atoms with Crippen LogP contribution in [0, 0.1) is 5.92 Å². The standard InChI is InChI=1S/C17H22N2O4/c1-22-13-5-6-14(15(10-13)23-2)19-11-12(9-16(19)20)17(21)18-7-3-4-8-18/h5-6,10,12H,3-4,7-9,11H2,1-2H3. The summed E-state index contributed by atoms with van der Waals surface area (Å²) >= 11 is 0. The Morgan fingerprint density at radius 2 is 1.91 bits per heavy atom. The van der Waals surface area contributed by atoms with Crippen LogP contribution < -0.4 is 14.4 Å². The zero-order valence-electron chi connectivity index (χ0n) is 13.6. The molecule has 1 aromatic rings. The van der Waals surface area contributed by atoms with Crippen molar-refractivity contribution >= 4 is 17.5 Å². The van der Waals surface area contributed by atoms with Gasteiger partial charge in [-0.2, -0.15) is 0 Å². The number of amides is 2. The molecule has 0 spiro atoms. The van der Waals surface area contributed by atoms with E-state index in [1.807, 2.05) is 4.90 Å². The molecule has 1 unspecified atom stereocenters. The largest absolute Gasteiger partial charge is 0.497 e. The fourth-order valence-electron chi connectivity index (χ4n) is 3.31. The van der Waals surface area contributed by atoms with Gasteiger partial charge in [-0.25, -0.2) is 0 Å². The molecule has 0 aliphatic carbocycles. The van der Waals surface area contributed by atoms with E-state index in [-0.39, 0.29) is 24.2 Å². The third-order valence-corrected chi connectivity index (χ3v) is 4.57. The molecule has 6 heteroatoms. The molecule has 0 aromatic heterocycles. The first-order chi connectivity index (χ1) is 11.1. The van der Waals surface area contributed by atoms with Crippen molar-refractivity contribution in [3.8, 4) is 11.5 Å². The van der Waals surface area contributed by atoms with Gasteiger partial charge in [-0.05, 0) is 25.0 Å². The highest BCUT2D eigenvalue weighted by Gasteiger charge is 2.38. The lowest BCUT2D eigenvalue weighted by molar-refractivity contribution is -0.134. The molecule has 23 heavy (non-hydrogen) atoms. The van der Waals surface area contributed by atoms with Crippen LogP contribution in [-0.2, 0) is 9.59 Å². The number of carbonyl (C=O) groups excluding carboxylic acids is 2. The summed E-state index contributed by atoms with van der Waals surface area (Å²) in [6.07, 6.45) is 2.38. The van der Waals surface area contributed by atoms with E-state index in [0.29, 0.717) is 23.7 Å². The number of ether oxygens (including phenoxy) is 2. The van der Waals surface area contributed by atoms with E-state index < -0.39 is 0 Å². The third-order valence-electron chi connectivity index (χ3n) is 4.57. The number of hydrogen-bond acceptors (Lipinski definition) is 4. The molecular weight excluding hydrogens is 296 g/mol. The van der Waals surface area contributed by atoms with E-state index in [1.165, 1.54) is 0 Å². The van der Waals surface area contributed by atoms with Crippen molar-refractivity contribution in [1.82, 2.24) is 4.90 Å². The summed E-state index contributed by atoms with van der Waals surface area (Å²) in [4.78, 5) is 28.4. The molecular formula is C17H22N2O4. The molecule has 0 radical (unpaired) electrons. The van der Waals surface area contributed by atoms with Crippen molar-refractivity contribution in [2.24, 2.45) is 5.92 Å². The van der Waals surface area contributed by atoms with E-state index in [4.69, 9.17) is 9.47 Å². The molecule has 2 heterocycles. The number of likely N-dealkylation sites (tertiary alicyclic amines) is 1. The Hall–Kier alpha value is -2.24. The Balaban J connectivity index is 1.78. The Morgan fingerprint density at radius 1 is 1.17 bits per heavy atom. The zero-order chi connectivity index (χ0) is 16.4. The maximum Gasteiger partial charge on any atom is 0.228 e. The highest BCUT2D eigenvalue weighted by atomic mass is 16.5. The molecule has 1 atom stereocenters. The van der Waals surface area contributed by atoms with Crippen molar-refractivity contribution in [2.75, 3.05) is 38.8 Å². The molecule has 0 bridgehead atoms. The zero-order valence-corrected chi connectivity index (χ0v) is 13.6. The number of carbonyl (C=O) groups is 2. The third kappa shape index (κ3) is 2.98. The van der Waals surface area contributed by atoms with Crippen LogP contribution in [0.5, 0.6) is 11.5 Å². The fourth-order valence-corrected chi connectivity index (χ4v) is 3.31. The van der Waals surface area contributed by atoms with Gasteiger partial charge >= 0.3 is 0 Å². The van der Waals surface area contributed by atoms with Crippen LogP contribution in [0.4, 0.5) is 5.69 Å². The fraction of sp³-hybridized carbons (Fsp3) is 0.529. The van der Waals surface area contributed by atoms with Gasteiger partial charge in [0.25, 0.3) is 0 Å². The summed E-state index contributed by atoms with van der Waals surface area (Å²) < 4.78 is 10.6. The van der Waals surface area contributed by atoms with E-state index >= 15 is 0 Å². The van der Waals surface area contributed by atoms with Gasteiger partial charge in [0.05, 0.1) is 25.8 Å². The van der Waals surface area contributed by atoms with Gasteiger partial charge in [-0.1, -0.05) is 0 Å². The maximum absolute atomic E-state index is 12.5. The Kier molecular flexibility index (Phi) is 4.41. The summed E-state index contributed by atoms with van der Waals surface area (Å²) in [7, 11) is 3.14. The van der Waals surface area contributed by atoms with Gasteiger partial charge in [0, 0.05) is 32.1 Å². The van der Waals surface area contributed by atoms with Gasteiger partial charge in [-0.15, -0.1) is 0 Å². The number of benzene rings is 1. The molecule has 2 amide bonds. The number of anilines is 1. The van der Waals surface area contributed by atoms with Crippen LogP contribution in [0.15, 0.2) is 18.2 Å². The minimum atomic E-state index is -0.257. The molecule has 1 aromatic carbocycles. The highest BCUT2D eigenvalue weighted by Crippen LogP contribution is 2.36. The molecule has 2 saturated heterocycles. The van der Waals surface area contributed by atoms with Crippen molar-refractivity contribution in [3.63, 3.8) is 0 Å². The minimum Gasteiger partial charge on any atom is -0.497 e. The van der Waals surface area contributed by atoms with Crippen LogP contribution in [0.3, 0.4) is 0 Å². The first-order valence-electron chi connectivity index (χ1n) is 7.95. The number of nitrogens with zero attached hydrogens (tertiary/aromatic N) is 2. The molecule has 0 saturated carbocycles. The summed E-state index contributed by atoms with van der Waals surface area (Å²) in [6.45, 7) is 2.04. The lowest BCUT2D eigenvalue weighted by Gasteiger charge is -2.22. The second kappa shape index (κ2) is 6.48. The molecule has 6 nitrogen and oxygen atoms in total. The first kappa shape index (κ1) is 15.6. The minimum absolute atomic E-state index is 0.0361. The summed E-state index contributed by atoms with van der Waals surface area (Å²) in [5.41, 5.74) is 0.690. The summed E-state index contributed by atoms with van der Waals surface area (Å²) in [5, 5.41) is 0. The second-order valence-corrected chi connectivity index (χ2v) is 5.98. The predicted octanol–water partition coefficient (Wildman–Crippen LogP) is 1.68. The Labute approximate surface area is 136 Å². The normalized spacial score (nSPS) is 21.0. The monoisotopic (exact) mass is 318 g/mol. The van der Waals surface area contributed by atoms with E-state index in [1.54, 1.807) is 37.3 Å². The number of hydrogen-bond donors (Lipinski definition) is 0. The smallest absolute Gasteiger partial charge is 0.228 e. The Bertz CT molecular complexity index is 611. The molecule has 2 aliphatic heterocycles. The Morgan fingerprint density at radius 3 is 2.57 bits per heavy atom. The van der Waals surface area contributed by atoms with E-state index in [0.717, 1.165) is 25.9 Å². The molecule has 2 aliphatic rings. The topological polar surface area (TPSA) is 59.1 Å². The van der Waals surface area contributed by atoms with E-state index in [2.05, 4.69) is 0 Å². The molecule has 0 N–H and O–H groups in total. The molecule has 124 valence electrons. The van der Waals surface area contributed by atoms with E-state index in [9.17, 15) is 9.59 Å². The number of methoxy groups -OCH3 is 2. The predicted molar refractivity (Wildman–Crippen MR) is 85.8 cm³/mol. The lowest BCUT2D eigenvalue weighted by atomic mass is 10.1. The van der Waals surface area contributed by atoms with Crippen LogP contribution in [-0.4, -0.2) is 50.6 Å². The van der Waals surface area contributed by atoms with Crippen LogP contribution in [0.25, 0.3) is 0 Å². The van der Waals surface area contributed by atoms with Crippen LogP contribution in [0.2, 0.25) is 0 Å². The van der Waals surface area contributed by atoms with Crippen molar-refractivity contribution in [1.29, 1.82) is 0 Å². The van der Waals surface area contributed by atoms with Crippen molar-refractivity contribution in [2.45, 2.75) is 19.3 Å². The first-order valence-corrected chi connectivity index (χ1v) is 7.95. The molecule has 3 rings (SSSR count). The molecule has 2 fully saturated rings. The average Bonchev–Trinajstić information content (AvgIpc) is 3.23. The van der Waals surface area contributed by atoms with Crippen molar-refractivity contribution < 1.29 is 19.1 Å². The second-order valence-electron chi connectivity index (χ2n) is 5.98. The summed E-state index contributed by atoms with van der Waals surface area (Å²) in [6, 6.07) is 5.34. The number of rotatable bonds is 4.